The van der Waals surface area contributed by atoms with Crippen molar-refractivity contribution < 1.29 is 22.7 Å². The second-order valence-corrected chi connectivity index (χ2v) is 9.05. The minimum Gasteiger partial charge on any atom is -0.486 e. The number of pyridine rings is 1. The Labute approximate surface area is 169 Å². The van der Waals surface area contributed by atoms with Gasteiger partial charge in [-0.3, -0.25) is 0 Å². The lowest BCUT2D eigenvalue weighted by molar-refractivity contribution is -0.0200. The van der Waals surface area contributed by atoms with Gasteiger partial charge >= 0.3 is 0 Å². The molecular weight excluding hydrogens is 455 g/mol. The predicted octanol–water partition coefficient (Wildman–Crippen LogP) is 1.68. The van der Waals surface area contributed by atoms with Gasteiger partial charge in [0.2, 0.25) is 5.69 Å². The Bertz CT molecular complexity index is 1030. The summed E-state index contributed by atoms with van der Waals surface area (Å²) in [6.07, 6.45) is 0.328. The second kappa shape index (κ2) is 7.73. The lowest BCUT2D eigenvalue weighted by Crippen LogP contribution is -2.50. The summed E-state index contributed by atoms with van der Waals surface area (Å²) in [6.45, 7) is 6.11. The van der Waals surface area contributed by atoms with Crippen LogP contribution in [0.2, 0.25) is 0 Å². The highest BCUT2D eigenvalue weighted by molar-refractivity contribution is 9.10. The first-order valence-corrected chi connectivity index (χ1v) is 10.3. The number of nitrogens with zero attached hydrogens (tertiary/aromatic N) is 3. The minimum atomic E-state index is -3.99. The zero-order valence-electron chi connectivity index (χ0n) is 14.4. The molecule has 3 rings (SSSR count). The van der Waals surface area contributed by atoms with E-state index in [1.54, 1.807) is 6.07 Å². The predicted molar refractivity (Wildman–Crippen MR) is 102 cm³/mol. The van der Waals surface area contributed by atoms with Gasteiger partial charge in [0.1, 0.15) is 23.3 Å². The fourth-order valence-electron chi connectivity index (χ4n) is 2.82. The lowest BCUT2D eigenvalue weighted by atomic mass is 10.0. The van der Waals surface area contributed by atoms with Gasteiger partial charge < -0.3 is 15.6 Å². The molecule has 11 heteroatoms. The number of aliphatic hydroxyl groups is 1. The van der Waals surface area contributed by atoms with E-state index < -0.39 is 27.5 Å². The van der Waals surface area contributed by atoms with Crippen LogP contribution in [0.5, 0.6) is 5.75 Å². The van der Waals surface area contributed by atoms with Gasteiger partial charge in [-0.15, -0.1) is 0 Å². The average molecular weight is 471 g/mol. The first kappa shape index (κ1) is 20.6. The maximum Gasteiger partial charge on any atom is 0.260 e. The van der Waals surface area contributed by atoms with E-state index in [-0.39, 0.29) is 36.1 Å². The highest BCUT2D eigenvalue weighted by atomic mass is 79.9. The van der Waals surface area contributed by atoms with E-state index in [1.165, 1.54) is 24.4 Å². The van der Waals surface area contributed by atoms with Crippen LogP contribution in [0.4, 0.5) is 10.1 Å². The topological polar surface area (TPSA) is 110 Å². The summed E-state index contributed by atoms with van der Waals surface area (Å²) in [6, 6.07) is 6.52. The standard InChI is InChI=1S/C17H16BrFN4O4S/c1-21-14-4-3-12(6-13(14)19)27-15-8-23(10-17(15,24)9-20)28(25,26)16-5-2-11(18)7-22-16/h2-7,15,24H,8-10,20H2/t15-,17-/m0/s1. The number of benzene rings is 1. The van der Waals surface area contributed by atoms with Gasteiger partial charge in [-0.2, -0.15) is 4.31 Å². The van der Waals surface area contributed by atoms with Crippen LogP contribution in [0.15, 0.2) is 46.0 Å². The third-order valence-electron chi connectivity index (χ3n) is 4.39. The van der Waals surface area contributed by atoms with Crippen LogP contribution in [0, 0.1) is 12.4 Å². The van der Waals surface area contributed by atoms with Crippen molar-refractivity contribution in [2.75, 3.05) is 19.6 Å². The van der Waals surface area contributed by atoms with Crippen molar-refractivity contribution in [3.05, 3.63) is 58.2 Å². The molecule has 148 valence electrons. The van der Waals surface area contributed by atoms with Crippen molar-refractivity contribution in [1.29, 1.82) is 0 Å². The molecule has 0 radical (unpaired) electrons. The third kappa shape index (κ3) is 3.87. The SMILES string of the molecule is [C-]#[N+]c1ccc(O[C@H]2CN(S(=O)(=O)c3ccc(Br)cn3)C[C@@]2(O)CN)cc1F. The molecule has 2 heterocycles. The van der Waals surface area contributed by atoms with Crippen molar-refractivity contribution in [1.82, 2.24) is 9.29 Å². The molecule has 0 unspecified atom stereocenters. The normalized spacial score (nSPS) is 22.8. The second-order valence-electron chi connectivity index (χ2n) is 6.25. The summed E-state index contributed by atoms with van der Waals surface area (Å²) < 4.78 is 46.8. The van der Waals surface area contributed by atoms with E-state index in [0.29, 0.717) is 4.47 Å². The van der Waals surface area contributed by atoms with Gasteiger partial charge in [0.05, 0.1) is 13.1 Å². The van der Waals surface area contributed by atoms with E-state index in [4.69, 9.17) is 17.0 Å². The van der Waals surface area contributed by atoms with Crippen molar-refractivity contribution >= 4 is 31.6 Å². The Kier molecular flexibility index (Phi) is 5.69. The van der Waals surface area contributed by atoms with Crippen LogP contribution >= 0.6 is 15.9 Å². The fourth-order valence-corrected chi connectivity index (χ4v) is 4.47. The molecule has 0 spiro atoms. The fraction of sp³-hybridized carbons (Fsp3) is 0.294. The van der Waals surface area contributed by atoms with Gasteiger partial charge in [-0.25, -0.2) is 22.6 Å². The third-order valence-corrected chi connectivity index (χ3v) is 6.59. The Balaban J connectivity index is 1.86. The summed E-state index contributed by atoms with van der Waals surface area (Å²) in [5.74, 6) is -0.715. The zero-order valence-corrected chi connectivity index (χ0v) is 16.8. The molecule has 1 aliphatic rings. The number of β-amino-alcohol motifs (C(OH)–C–C–N with tert-alkyl or cyclic N) is 1. The number of ether oxygens (including phenoxy) is 1. The monoisotopic (exact) mass is 470 g/mol. The number of hydrogen-bond donors (Lipinski definition) is 2. The van der Waals surface area contributed by atoms with E-state index in [0.717, 1.165) is 10.4 Å². The number of aromatic nitrogens is 1. The van der Waals surface area contributed by atoms with Gasteiger partial charge in [0, 0.05) is 29.8 Å². The summed E-state index contributed by atoms with van der Waals surface area (Å²) >= 11 is 3.19. The van der Waals surface area contributed by atoms with E-state index in [9.17, 15) is 17.9 Å². The maximum atomic E-state index is 13.8. The van der Waals surface area contributed by atoms with Crippen molar-refractivity contribution in [2.24, 2.45) is 5.73 Å². The smallest absolute Gasteiger partial charge is 0.260 e. The molecule has 1 fully saturated rings. The Morgan fingerprint density at radius 1 is 1.46 bits per heavy atom. The van der Waals surface area contributed by atoms with Crippen LogP contribution in [-0.4, -0.2) is 54.2 Å². The number of sulfonamides is 1. The van der Waals surface area contributed by atoms with E-state index in [1.807, 2.05) is 0 Å². The molecule has 1 aromatic heterocycles. The lowest BCUT2D eigenvalue weighted by Gasteiger charge is -2.27. The molecule has 2 aromatic rings. The van der Waals surface area contributed by atoms with Crippen LogP contribution in [-0.2, 0) is 10.0 Å². The van der Waals surface area contributed by atoms with E-state index in [2.05, 4.69) is 25.8 Å². The highest BCUT2D eigenvalue weighted by Crippen LogP contribution is 2.31. The van der Waals surface area contributed by atoms with Crippen LogP contribution < -0.4 is 10.5 Å². The average Bonchev–Trinajstić information content (AvgIpc) is 3.00. The first-order valence-electron chi connectivity index (χ1n) is 8.07. The number of halogens is 2. The Morgan fingerprint density at radius 3 is 2.79 bits per heavy atom. The van der Waals surface area contributed by atoms with Crippen molar-refractivity contribution in [3.8, 4) is 5.75 Å². The zero-order chi connectivity index (χ0) is 20.5. The summed E-state index contributed by atoms with van der Waals surface area (Å²) in [7, 11) is -3.99. The molecule has 1 aliphatic heterocycles. The largest absolute Gasteiger partial charge is 0.486 e. The molecule has 28 heavy (non-hydrogen) atoms. The van der Waals surface area contributed by atoms with Crippen molar-refractivity contribution in [3.63, 3.8) is 0 Å². The maximum absolute atomic E-state index is 13.8. The molecule has 0 amide bonds. The molecular formula is C17H16BrFN4O4S. The first-order chi connectivity index (χ1) is 13.2. The molecule has 8 nitrogen and oxygen atoms in total. The Hall–Kier alpha value is -2.10. The minimum absolute atomic E-state index is 0.0581. The molecule has 0 bridgehead atoms. The molecule has 0 aliphatic carbocycles. The highest BCUT2D eigenvalue weighted by Gasteiger charge is 2.50. The molecule has 3 N–H and O–H groups in total. The molecule has 1 saturated heterocycles. The summed E-state index contributed by atoms with van der Waals surface area (Å²) in [5.41, 5.74) is 3.83. The molecule has 2 atom stereocenters. The van der Waals surface area contributed by atoms with Crippen molar-refractivity contribution in [2.45, 2.75) is 16.7 Å². The summed E-state index contributed by atoms with van der Waals surface area (Å²) in [4.78, 5) is 6.92. The van der Waals surface area contributed by atoms with Gasteiger partial charge in [-0.05, 0) is 40.2 Å². The van der Waals surface area contributed by atoms with Crippen LogP contribution in [0.25, 0.3) is 4.85 Å². The number of nitrogens with two attached hydrogens (primary N) is 1. The Morgan fingerprint density at radius 2 is 2.21 bits per heavy atom. The molecule has 0 saturated carbocycles. The van der Waals surface area contributed by atoms with Gasteiger partial charge in [-0.1, -0.05) is 0 Å². The summed E-state index contributed by atoms with van der Waals surface area (Å²) in [5, 5.41) is 10.6. The van der Waals surface area contributed by atoms with Crippen LogP contribution in [0.3, 0.4) is 0 Å². The van der Waals surface area contributed by atoms with Gasteiger partial charge in [0.15, 0.2) is 5.03 Å². The molecule has 1 aromatic carbocycles. The van der Waals surface area contributed by atoms with Gasteiger partial charge in [0.25, 0.3) is 10.0 Å². The van der Waals surface area contributed by atoms with Crippen LogP contribution in [0.1, 0.15) is 0 Å². The number of rotatable bonds is 5. The van der Waals surface area contributed by atoms with E-state index >= 15 is 0 Å². The number of hydrogen-bond acceptors (Lipinski definition) is 6. The quantitative estimate of drug-likeness (QED) is 0.643.